The Bertz CT molecular complexity index is 705. The summed E-state index contributed by atoms with van der Waals surface area (Å²) in [6, 6.07) is 18.3. The minimum absolute atomic E-state index is 0.522. The average Bonchev–Trinajstić information content (AvgIpc) is 2.84. The molecule has 2 bridgehead atoms. The highest BCUT2D eigenvalue weighted by molar-refractivity contribution is 5.35. The van der Waals surface area contributed by atoms with Crippen LogP contribution < -0.4 is 0 Å². The van der Waals surface area contributed by atoms with Gasteiger partial charge in [0.25, 0.3) is 0 Å². The number of aryl methyl sites for hydroxylation is 2. The van der Waals surface area contributed by atoms with Gasteiger partial charge in [-0.2, -0.15) is 0 Å². The van der Waals surface area contributed by atoms with E-state index in [1.807, 2.05) is 0 Å². The van der Waals surface area contributed by atoms with Crippen LogP contribution in [0.15, 0.2) is 48.5 Å². The Balaban J connectivity index is 1.50. The van der Waals surface area contributed by atoms with E-state index in [9.17, 15) is 5.11 Å². The normalized spacial score (nSPS) is 29.1. The van der Waals surface area contributed by atoms with Gasteiger partial charge in [-0.25, -0.2) is 0 Å². The first-order valence-electron chi connectivity index (χ1n) is 9.61. The molecular formula is C23H29NO. The predicted octanol–water partition coefficient (Wildman–Crippen LogP) is 4.40. The van der Waals surface area contributed by atoms with E-state index in [1.54, 1.807) is 0 Å². The Labute approximate surface area is 151 Å². The molecule has 0 aromatic heterocycles. The molecule has 0 radical (unpaired) electrons. The Hall–Kier alpha value is -1.64. The van der Waals surface area contributed by atoms with Gasteiger partial charge >= 0.3 is 0 Å². The molecule has 1 N–H and O–H groups in total. The van der Waals surface area contributed by atoms with Crippen molar-refractivity contribution in [1.82, 2.24) is 4.90 Å². The first-order valence-corrected chi connectivity index (χ1v) is 9.61. The van der Waals surface area contributed by atoms with Crippen LogP contribution in [0.3, 0.4) is 0 Å². The fourth-order valence-electron chi connectivity index (χ4n) is 5.07. The largest absolute Gasteiger partial charge is 0.389 e. The van der Waals surface area contributed by atoms with Gasteiger partial charge in [-0.15, -0.1) is 0 Å². The standard InChI is InChI=1S/C23H29NO/c1-17-7-6-8-18(2)22(17)15-23(25)13-20-11-12-21(14-23)24(20)16-19-9-4-3-5-10-19/h3-10,20-21,25H,11-16H2,1-2H3. The molecule has 0 spiro atoms. The molecule has 4 rings (SSSR count). The molecule has 2 atom stereocenters. The molecule has 2 aliphatic rings. The summed E-state index contributed by atoms with van der Waals surface area (Å²) >= 11 is 0. The highest BCUT2D eigenvalue weighted by atomic mass is 16.3. The fourth-order valence-corrected chi connectivity index (χ4v) is 5.07. The van der Waals surface area contributed by atoms with Crippen LogP contribution in [0.1, 0.15) is 47.9 Å². The van der Waals surface area contributed by atoms with E-state index in [2.05, 4.69) is 67.3 Å². The zero-order valence-corrected chi connectivity index (χ0v) is 15.4. The molecule has 2 aromatic carbocycles. The van der Waals surface area contributed by atoms with Crippen LogP contribution in [0, 0.1) is 13.8 Å². The third kappa shape index (κ3) is 3.38. The highest BCUT2D eigenvalue weighted by Gasteiger charge is 2.47. The van der Waals surface area contributed by atoms with Gasteiger partial charge in [0.05, 0.1) is 5.60 Å². The average molecular weight is 335 g/mol. The zero-order chi connectivity index (χ0) is 17.4. The third-order valence-corrected chi connectivity index (χ3v) is 6.36. The summed E-state index contributed by atoms with van der Waals surface area (Å²) in [5.41, 5.74) is 4.82. The number of rotatable bonds is 4. The van der Waals surface area contributed by atoms with Crippen molar-refractivity contribution >= 4 is 0 Å². The molecule has 2 unspecified atom stereocenters. The lowest BCUT2D eigenvalue weighted by molar-refractivity contribution is -0.0541. The van der Waals surface area contributed by atoms with Gasteiger partial charge in [-0.05, 0) is 61.8 Å². The monoisotopic (exact) mass is 335 g/mol. The molecular weight excluding hydrogens is 306 g/mol. The number of hydrogen-bond donors (Lipinski definition) is 1. The van der Waals surface area contributed by atoms with E-state index < -0.39 is 5.60 Å². The van der Waals surface area contributed by atoms with Crippen LogP contribution in [0.25, 0.3) is 0 Å². The molecule has 2 fully saturated rings. The van der Waals surface area contributed by atoms with E-state index in [0.717, 1.165) is 25.8 Å². The number of nitrogens with zero attached hydrogens (tertiary/aromatic N) is 1. The van der Waals surface area contributed by atoms with E-state index in [0.29, 0.717) is 12.1 Å². The van der Waals surface area contributed by atoms with Gasteiger partial charge in [-0.1, -0.05) is 48.5 Å². The molecule has 2 saturated heterocycles. The second-order valence-electron chi connectivity index (χ2n) is 8.22. The molecule has 2 aliphatic heterocycles. The molecule has 2 nitrogen and oxygen atoms in total. The summed E-state index contributed by atoms with van der Waals surface area (Å²) in [7, 11) is 0. The lowest BCUT2D eigenvalue weighted by Gasteiger charge is -2.44. The summed E-state index contributed by atoms with van der Waals surface area (Å²) in [6.45, 7) is 5.37. The Morgan fingerprint density at radius 3 is 2.12 bits per heavy atom. The maximum Gasteiger partial charge on any atom is 0.0717 e. The van der Waals surface area contributed by atoms with E-state index >= 15 is 0 Å². The number of piperidine rings is 1. The third-order valence-electron chi connectivity index (χ3n) is 6.36. The van der Waals surface area contributed by atoms with Gasteiger partial charge in [-0.3, -0.25) is 4.90 Å². The van der Waals surface area contributed by atoms with Crippen molar-refractivity contribution in [2.24, 2.45) is 0 Å². The maximum absolute atomic E-state index is 11.4. The van der Waals surface area contributed by atoms with Crippen molar-refractivity contribution in [2.45, 2.75) is 70.2 Å². The lowest BCUT2D eigenvalue weighted by Crippen LogP contribution is -2.51. The quantitative estimate of drug-likeness (QED) is 0.895. The number of aliphatic hydroxyl groups is 1. The van der Waals surface area contributed by atoms with E-state index in [4.69, 9.17) is 0 Å². The van der Waals surface area contributed by atoms with Gasteiger partial charge in [0, 0.05) is 25.0 Å². The molecule has 2 heteroatoms. The summed E-state index contributed by atoms with van der Waals surface area (Å²) in [6.07, 6.45) is 5.07. The molecule has 0 aliphatic carbocycles. The number of fused-ring (bicyclic) bond motifs is 2. The zero-order valence-electron chi connectivity index (χ0n) is 15.4. The second-order valence-corrected chi connectivity index (χ2v) is 8.22. The lowest BCUT2D eigenvalue weighted by atomic mass is 9.79. The van der Waals surface area contributed by atoms with Crippen LogP contribution in [-0.2, 0) is 13.0 Å². The first-order chi connectivity index (χ1) is 12.0. The second kappa shape index (κ2) is 6.59. The molecule has 132 valence electrons. The van der Waals surface area contributed by atoms with E-state index in [-0.39, 0.29) is 0 Å². The van der Waals surface area contributed by atoms with Gasteiger partial charge in [0.15, 0.2) is 0 Å². The van der Waals surface area contributed by atoms with Crippen molar-refractivity contribution in [1.29, 1.82) is 0 Å². The van der Waals surface area contributed by atoms with Crippen LogP contribution in [0.5, 0.6) is 0 Å². The molecule has 25 heavy (non-hydrogen) atoms. The van der Waals surface area contributed by atoms with Crippen LogP contribution in [0.4, 0.5) is 0 Å². The van der Waals surface area contributed by atoms with Crippen LogP contribution in [-0.4, -0.2) is 27.7 Å². The molecule has 0 saturated carbocycles. The summed E-state index contributed by atoms with van der Waals surface area (Å²) in [5.74, 6) is 0. The van der Waals surface area contributed by atoms with Gasteiger partial charge in [0.2, 0.25) is 0 Å². The first kappa shape index (κ1) is 16.8. The fraction of sp³-hybridized carbons (Fsp3) is 0.478. The minimum atomic E-state index is -0.546. The highest BCUT2D eigenvalue weighted by Crippen LogP contribution is 2.43. The van der Waals surface area contributed by atoms with Crippen molar-refractivity contribution < 1.29 is 5.11 Å². The summed E-state index contributed by atoms with van der Waals surface area (Å²) in [4.78, 5) is 2.65. The Morgan fingerprint density at radius 2 is 1.52 bits per heavy atom. The maximum atomic E-state index is 11.4. The Kier molecular flexibility index (Phi) is 4.43. The van der Waals surface area contributed by atoms with Crippen molar-refractivity contribution in [2.75, 3.05) is 0 Å². The van der Waals surface area contributed by atoms with Gasteiger partial charge < -0.3 is 5.11 Å². The summed E-state index contributed by atoms with van der Waals surface area (Å²) in [5, 5.41) is 11.4. The predicted molar refractivity (Wildman–Crippen MR) is 103 cm³/mol. The SMILES string of the molecule is Cc1cccc(C)c1CC1(O)CC2CCC(C1)N2Cc1ccccc1. The van der Waals surface area contributed by atoms with Crippen molar-refractivity contribution in [3.8, 4) is 0 Å². The van der Waals surface area contributed by atoms with Crippen LogP contribution in [0.2, 0.25) is 0 Å². The molecule has 0 amide bonds. The molecule has 2 heterocycles. The van der Waals surface area contributed by atoms with Crippen molar-refractivity contribution in [3.05, 3.63) is 70.8 Å². The van der Waals surface area contributed by atoms with E-state index in [1.165, 1.54) is 35.1 Å². The van der Waals surface area contributed by atoms with Crippen molar-refractivity contribution in [3.63, 3.8) is 0 Å². The summed E-state index contributed by atoms with van der Waals surface area (Å²) < 4.78 is 0. The topological polar surface area (TPSA) is 23.5 Å². The Morgan fingerprint density at radius 1 is 0.920 bits per heavy atom. The number of hydrogen-bond acceptors (Lipinski definition) is 2. The smallest absolute Gasteiger partial charge is 0.0717 e. The number of benzene rings is 2. The molecule has 2 aromatic rings. The van der Waals surface area contributed by atoms with Gasteiger partial charge in [0.1, 0.15) is 0 Å². The van der Waals surface area contributed by atoms with Crippen LogP contribution >= 0.6 is 0 Å². The minimum Gasteiger partial charge on any atom is -0.389 e.